The Kier molecular flexibility index (Phi) is 1.57. The number of hydrogen-bond acceptors (Lipinski definition) is 3. The zero-order valence-electron chi connectivity index (χ0n) is 7.97. The van der Waals surface area contributed by atoms with Crippen LogP contribution in [0.25, 0.3) is 11.0 Å². The second-order valence-corrected chi connectivity index (χ2v) is 3.88. The van der Waals surface area contributed by atoms with Crippen molar-refractivity contribution in [2.75, 3.05) is 0 Å². The van der Waals surface area contributed by atoms with Crippen molar-refractivity contribution < 1.29 is 5.11 Å². The zero-order valence-corrected chi connectivity index (χ0v) is 7.97. The SMILES string of the molecule is N[C@@H]1c2cccc3[nH]c(=O)n(c23)C[C@H]1O. The van der Waals surface area contributed by atoms with Crippen LogP contribution in [0, 0.1) is 0 Å². The summed E-state index contributed by atoms with van der Waals surface area (Å²) in [7, 11) is 0. The molecule has 1 aromatic carbocycles. The predicted octanol–water partition coefficient (Wildman–Crippen LogP) is -0.296. The van der Waals surface area contributed by atoms with E-state index >= 15 is 0 Å². The van der Waals surface area contributed by atoms with E-state index in [2.05, 4.69) is 4.98 Å². The van der Waals surface area contributed by atoms with Gasteiger partial charge < -0.3 is 15.8 Å². The number of benzene rings is 1. The van der Waals surface area contributed by atoms with Gasteiger partial charge in [-0.3, -0.25) is 4.57 Å². The summed E-state index contributed by atoms with van der Waals surface area (Å²) in [4.78, 5) is 14.3. The molecule has 2 heterocycles. The summed E-state index contributed by atoms with van der Waals surface area (Å²) in [6.45, 7) is 0.261. The molecular formula is C10H11N3O2. The third kappa shape index (κ3) is 1.01. The average molecular weight is 205 g/mol. The molecule has 2 aromatic rings. The monoisotopic (exact) mass is 205 g/mol. The van der Waals surface area contributed by atoms with Gasteiger partial charge in [-0.05, 0) is 11.6 Å². The minimum Gasteiger partial charge on any atom is -0.389 e. The highest BCUT2D eigenvalue weighted by atomic mass is 16.3. The number of aromatic amines is 1. The van der Waals surface area contributed by atoms with E-state index in [-0.39, 0.29) is 12.2 Å². The van der Waals surface area contributed by atoms with Crippen LogP contribution in [0.1, 0.15) is 11.6 Å². The predicted molar refractivity (Wildman–Crippen MR) is 55.5 cm³/mol. The molecule has 0 saturated heterocycles. The van der Waals surface area contributed by atoms with Gasteiger partial charge in [0.1, 0.15) is 0 Å². The van der Waals surface area contributed by atoms with Gasteiger partial charge in [0.05, 0.1) is 29.7 Å². The molecule has 0 fully saturated rings. The lowest BCUT2D eigenvalue weighted by Crippen LogP contribution is -2.37. The lowest BCUT2D eigenvalue weighted by molar-refractivity contribution is 0.120. The van der Waals surface area contributed by atoms with E-state index in [1.165, 1.54) is 0 Å². The molecule has 5 nitrogen and oxygen atoms in total. The molecule has 0 bridgehead atoms. The molecule has 78 valence electrons. The molecule has 2 atom stereocenters. The maximum absolute atomic E-state index is 11.6. The quantitative estimate of drug-likeness (QED) is 0.552. The van der Waals surface area contributed by atoms with Gasteiger partial charge >= 0.3 is 5.69 Å². The first-order valence-corrected chi connectivity index (χ1v) is 4.83. The van der Waals surface area contributed by atoms with Crippen molar-refractivity contribution in [2.24, 2.45) is 5.73 Å². The van der Waals surface area contributed by atoms with Gasteiger partial charge in [0, 0.05) is 0 Å². The van der Waals surface area contributed by atoms with Crippen LogP contribution in [0.15, 0.2) is 23.0 Å². The minimum absolute atomic E-state index is 0.191. The van der Waals surface area contributed by atoms with Crippen LogP contribution in [0.5, 0.6) is 0 Å². The average Bonchev–Trinajstić information content (AvgIpc) is 2.53. The Bertz CT molecular complexity index is 584. The Labute approximate surface area is 85.1 Å². The van der Waals surface area contributed by atoms with Crippen LogP contribution in [0.4, 0.5) is 0 Å². The number of nitrogens with zero attached hydrogens (tertiary/aromatic N) is 1. The van der Waals surface area contributed by atoms with Crippen molar-refractivity contribution in [3.63, 3.8) is 0 Å². The van der Waals surface area contributed by atoms with Gasteiger partial charge in [0.2, 0.25) is 0 Å². The molecule has 1 aliphatic rings. The summed E-state index contributed by atoms with van der Waals surface area (Å²) in [6.07, 6.45) is -0.698. The van der Waals surface area contributed by atoms with E-state index in [1.54, 1.807) is 4.57 Å². The first-order chi connectivity index (χ1) is 7.18. The van der Waals surface area contributed by atoms with Crippen LogP contribution in [-0.2, 0) is 6.54 Å². The van der Waals surface area contributed by atoms with E-state index in [1.807, 2.05) is 18.2 Å². The van der Waals surface area contributed by atoms with Gasteiger partial charge in [-0.15, -0.1) is 0 Å². The Hall–Kier alpha value is -1.59. The Morgan fingerprint density at radius 1 is 1.53 bits per heavy atom. The third-order valence-corrected chi connectivity index (χ3v) is 2.97. The van der Waals surface area contributed by atoms with Crippen LogP contribution in [0.3, 0.4) is 0 Å². The van der Waals surface area contributed by atoms with E-state index in [4.69, 9.17) is 5.73 Å². The number of H-pyrrole nitrogens is 1. The van der Waals surface area contributed by atoms with Gasteiger partial charge in [0.25, 0.3) is 0 Å². The zero-order chi connectivity index (χ0) is 10.6. The largest absolute Gasteiger partial charge is 0.389 e. The topological polar surface area (TPSA) is 84.0 Å². The Balaban J connectivity index is 2.47. The summed E-state index contributed by atoms with van der Waals surface area (Å²) in [5.74, 6) is 0. The van der Waals surface area contributed by atoms with E-state index in [0.29, 0.717) is 0 Å². The Morgan fingerprint density at radius 3 is 3.13 bits per heavy atom. The van der Waals surface area contributed by atoms with Crippen LogP contribution < -0.4 is 11.4 Å². The van der Waals surface area contributed by atoms with Crippen LogP contribution >= 0.6 is 0 Å². The normalized spacial score (nSPS) is 24.7. The first-order valence-electron chi connectivity index (χ1n) is 4.83. The van der Waals surface area contributed by atoms with Gasteiger partial charge in [-0.25, -0.2) is 4.79 Å². The van der Waals surface area contributed by atoms with Gasteiger partial charge in [-0.1, -0.05) is 12.1 Å². The summed E-state index contributed by atoms with van der Waals surface area (Å²) >= 11 is 0. The molecule has 0 saturated carbocycles. The number of rotatable bonds is 0. The second kappa shape index (κ2) is 2.71. The van der Waals surface area contributed by atoms with Crippen molar-refractivity contribution in [2.45, 2.75) is 18.7 Å². The number of nitrogens with one attached hydrogen (secondary N) is 1. The Morgan fingerprint density at radius 2 is 2.33 bits per heavy atom. The highest BCUT2D eigenvalue weighted by Gasteiger charge is 2.27. The number of hydrogen-bond donors (Lipinski definition) is 3. The molecule has 0 aliphatic carbocycles. The molecule has 1 aromatic heterocycles. The molecule has 0 amide bonds. The van der Waals surface area contributed by atoms with Crippen molar-refractivity contribution >= 4 is 11.0 Å². The van der Waals surface area contributed by atoms with Crippen LogP contribution in [0.2, 0.25) is 0 Å². The van der Waals surface area contributed by atoms with E-state index < -0.39 is 12.1 Å². The highest BCUT2D eigenvalue weighted by molar-refractivity contribution is 5.80. The van der Waals surface area contributed by atoms with Crippen LogP contribution in [-0.4, -0.2) is 20.8 Å². The first kappa shape index (κ1) is 8.70. The molecule has 0 unspecified atom stereocenters. The summed E-state index contributed by atoms with van der Waals surface area (Å²) in [6, 6.07) is 5.10. The van der Waals surface area contributed by atoms with Crippen molar-refractivity contribution in [3.8, 4) is 0 Å². The number of para-hydroxylation sites is 1. The maximum atomic E-state index is 11.6. The lowest BCUT2D eigenvalue weighted by atomic mass is 9.97. The lowest BCUT2D eigenvalue weighted by Gasteiger charge is -2.25. The fourth-order valence-electron chi connectivity index (χ4n) is 2.20. The molecule has 3 rings (SSSR count). The summed E-state index contributed by atoms with van der Waals surface area (Å²) in [5.41, 5.74) is 8.11. The number of aliphatic hydroxyl groups is 1. The van der Waals surface area contributed by atoms with E-state index in [9.17, 15) is 9.90 Å². The summed E-state index contributed by atoms with van der Waals surface area (Å²) in [5, 5.41) is 9.72. The molecular weight excluding hydrogens is 194 g/mol. The summed E-state index contributed by atoms with van der Waals surface area (Å²) < 4.78 is 1.54. The van der Waals surface area contributed by atoms with Gasteiger partial charge in [-0.2, -0.15) is 0 Å². The molecule has 1 aliphatic heterocycles. The van der Waals surface area contributed by atoms with Crippen molar-refractivity contribution in [3.05, 3.63) is 34.2 Å². The maximum Gasteiger partial charge on any atom is 0.326 e. The smallest absolute Gasteiger partial charge is 0.326 e. The van der Waals surface area contributed by atoms with Crippen molar-refractivity contribution in [1.29, 1.82) is 0 Å². The molecule has 5 heteroatoms. The second-order valence-electron chi connectivity index (χ2n) is 3.88. The number of aromatic nitrogens is 2. The number of nitrogens with two attached hydrogens (primary N) is 1. The standard InChI is InChI=1S/C10H11N3O2/c11-8-5-2-1-3-6-9(5)13(4-7(8)14)10(15)12-6/h1-3,7-8,14H,4,11H2,(H,12,15)/t7-,8-/m1/s1. The number of aliphatic hydroxyl groups excluding tert-OH is 1. The fraction of sp³-hybridized carbons (Fsp3) is 0.300. The number of imidazole rings is 1. The fourth-order valence-corrected chi connectivity index (χ4v) is 2.20. The molecule has 0 radical (unpaired) electrons. The van der Waals surface area contributed by atoms with Gasteiger partial charge in [0.15, 0.2) is 0 Å². The minimum atomic E-state index is -0.698. The van der Waals surface area contributed by atoms with E-state index in [0.717, 1.165) is 16.6 Å². The molecule has 4 N–H and O–H groups in total. The third-order valence-electron chi connectivity index (χ3n) is 2.97. The highest BCUT2D eigenvalue weighted by Crippen LogP contribution is 2.28. The molecule has 15 heavy (non-hydrogen) atoms. The molecule has 0 spiro atoms. The van der Waals surface area contributed by atoms with Crippen molar-refractivity contribution in [1.82, 2.24) is 9.55 Å².